The molecule has 2 aromatic rings. The van der Waals surface area contributed by atoms with Crippen molar-refractivity contribution in [1.29, 1.82) is 0 Å². The maximum Gasteiger partial charge on any atom is 0.227 e. The van der Waals surface area contributed by atoms with Crippen LogP contribution in [0.4, 0.5) is 4.39 Å². The average Bonchev–Trinajstić information content (AvgIpc) is 2.75. The molecule has 4 rings (SSSR count). The minimum absolute atomic E-state index is 0.0593. The lowest BCUT2D eigenvalue weighted by atomic mass is 9.95. The highest BCUT2D eigenvalue weighted by Crippen LogP contribution is 2.22. The van der Waals surface area contributed by atoms with E-state index in [2.05, 4.69) is 14.8 Å². The van der Waals surface area contributed by atoms with Crippen molar-refractivity contribution in [3.8, 4) is 0 Å². The summed E-state index contributed by atoms with van der Waals surface area (Å²) < 4.78 is 13.5. The van der Waals surface area contributed by atoms with Crippen molar-refractivity contribution in [2.75, 3.05) is 39.3 Å². The Morgan fingerprint density at radius 1 is 0.966 bits per heavy atom. The number of rotatable bonds is 5. The normalized spacial score (nSPS) is 21.3. The second kappa shape index (κ2) is 9.46. The van der Waals surface area contributed by atoms with Gasteiger partial charge in [-0.3, -0.25) is 19.6 Å². The van der Waals surface area contributed by atoms with Crippen molar-refractivity contribution in [1.82, 2.24) is 19.7 Å². The summed E-state index contributed by atoms with van der Waals surface area (Å²) in [6.45, 7) is 6.78. The zero-order valence-corrected chi connectivity index (χ0v) is 16.8. The zero-order chi connectivity index (χ0) is 20.1. The van der Waals surface area contributed by atoms with Crippen LogP contribution in [0.15, 0.2) is 48.8 Å². The Morgan fingerprint density at radius 3 is 2.48 bits per heavy atom. The lowest BCUT2D eigenvalue weighted by Gasteiger charge is -2.39. The van der Waals surface area contributed by atoms with Gasteiger partial charge in [0, 0.05) is 58.2 Å². The number of amides is 1. The van der Waals surface area contributed by atoms with E-state index in [1.807, 2.05) is 35.5 Å². The van der Waals surface area contributed by atoms with Gasteiger partial charge in [0.2, 0.25) is 5.91 Å². The molecule has 0 aliphatic carbocycles. The van der Waals surface area contributed by atoms with E-state index in [4.69, 9.17) is 0 Å². The van der Waals surface area contributed by atoms with Gasteiger partial charge in [0.25, 0.3) is 0 Å². The minimum atomic E-state index is -0.197. The fraction of sp³-hybridized carbons (Fsp3) is 0.478. The van der Waals surface area contributed by atoms with Crippen molar-refractivity contribution in [2.24, 2.45) is 5.92 Å². The monoisotopic (exact) mass is 396 g/mol. The van der Waals surface area contributed by atoms with Crippen LogP contribution in [0.25, 0.3) is 0 Å². The van der Waals surface area contributed by atoms with Gasteiger partial charge in [0.15, 0.2) is 0 Å². The predicted molar refractivity (Wildman–Crippen MR) is 110 cm³/mol. The summed E-state index contributed by atoms with van der Waals surface area (Å²) in [4.78, 5) is 23.9. The second-order valence-electron chi connectivity index (χ2n) is 8.16. The molecule has 29 heavy (non-hydrogen) atoms. The third-order valence-corrected chi connectivity index (χ3v) is 5.99. The van der Waals surface area contributed by atoms with Crippen molar-refractivity contribution in [3.05, 3.63) is 65.7 Å². The maximum atomic E-state index is 13.5. The molecule has 0 radical (unpaired) electrons. The molecular formula is C23H29FN4O. The molecule has 154 valence electrons. The molecule has 0 N–H and O–H groups in total. The number of carbonyl (C=O) groups is 1. The zero-order valence-electron chi connectivity index (χ0n) is 16.8. The molecule has 1 aromatic carbocycles. The number of aromatic nitrogens is 1. The van der Waals surface area contributed by atoms with Crippen molar-refractivity contribution in [2.45, 2.75) is 25.9 Å². The molecule has 1 amide bonds. The first-order chi connectivity index (χ1) is 14.2. The fourth-order valence-electron chi connectivity index (χ4n) is 4.43. The second-order valence-corrected chi connectivity index (χ2v) is 8.16. The Hall–Kier alpha value is -2.31. The largest absolute Gasteiger partial charge is 0.340 e. The number of likely N-dealkylation sites (tertiary alicyclic amines) is 1. The third kappa shape index (κ3) is 5.40. The van der Waals surface area contributed by atoms with Gasteiger partial charge in [-0.1, -0.05) is 12.1 Å². The van der Waals surface area contributed by atoms with E-state index in [-0.39, 0.29) is 17.6 Å². The van der Waals surface area contributed by atoms with Crippen LogP contribution in [0.2, 0.25) is 0 Å². The van der Waals surface area contributed by atoms with Crippen molar-refractivity contribution < 1.29 is 9.18 Å². The molecule has 0 spiro atoms. The van der Waals surface area contributed by atoms with Crippen LogP contribution in [0, 0.1) is 11.7 Å². The van der Waals surface area contributed by atoms with Crippen LogP contribution < -0.4 is 0 Å². The Morgan fingerprint density at radius 2 is 1.72 bits per heavy atom. The summed E-state index contributed by atoms with van der Waals surface area (Å²) in [6, 6.07) is 10.9. The van der Waals surface area contributed by atoms with E-state index in [1.54, 1.807) is 12.1 Å². The summed E-state index contributed by atoms with van der Waals surface area (Å²) in [5, 5.41) is 0. The highest BCUT2D eigenvalue weighted by Gasteiger charge is 2.31. The molecule has 3 heterocycles. The summed E-state index contributed by atoms with van der Waals surface area (Å²) >= 11 is 0. The molecule has 2 aliphatic heterocycles. The minimum Gasteiger partial charge on any atom is -0.340 e. The Bertz CT molecular complexity index is 808. The molecule has 0 saturated carbocycles. The van der Waals surface area contributed by atoms with Crippen LogP contribution >= 0.6 is 0 Å². The number of hydrogen-bond acceptors (Lipinski definition) is 4. The van der Waals surface area contributed by atoms with Crippen LogP contribution in [-0.2, 0) is 17.9 Å². The first-order valence-corrected chi connectivity index (χ1v) is 10.5. The molecule has 5 nitrogen and oxygen atoms in total. The first-order valence-electron chi connectivity index (χ1n) is 10.5. The summed E-state index contributed by atoms with van der Waals surface area (Å²) in [6.07, 6.45) is 5.63. The molecule has 0 bridgehead atoms. The Kier molecular flexibility index (Phi) is 6.52. The van der Waals surface area contributed by atoms with Gasteiger partial charge in [-0.15, -0.1) is 0 Å². The fourth-order valence-corrected chi connectivity index (χ4v) is 4.43. The van der Waals surface area contributed by atoms with E-state index in [0.29, 0.717) is 6.54 Å². The number of pyridine rings is 1. The lowest BCUT2D eigenvalue weighted by molar-refractivity contribution is -0.139. The van der Waals surface area contributed by atoms with Gasteiger partial charge >= 0.3 is 0 Å². The molecule has 1 atom stereocenters. The van der Waals surface area contributed by atoms with E-state index in [9.17, 15) is 9.18 Å². The average molecular weight is 397 g/mol. The van der Waals surface area contributed by atoms with Gasteiger partial charge < -0.3 is 4.90 Å². The number of benzene rings is 1. The molecular weight excluding hydrogens is 367 g/mol. The highest BCUT2D eigenvalue weighted by molar-refractivity contribution is 5.79. The van der Waals surface area contributed by atoms with Gasteiger partial charge in [-0.2, -0.15) is 0 Å². The molecule has 2 fully saturated rings. The topological polar surface area (TPSA) is 39.7 Å². The standard InChI is InChI=1S/C23H29FN4O/c24-22-5-1-3-20(15-22)17-27-10-2-4-21(18-27)23(29)28-13-11-26(12-14-28)16-19-6-8-25-9-7-19/h1,3,5-9,15,21H,2,4,10-14,16-18H2. The van der Waals surface area contributed by atoms with E-state index < -0.39 is 0 Å². The summed E-state index contributed by atoms with van der Waals surface area (Å²) in [5.74, 6) is 0.151. The van der Waals surface area contributed by atoms with Crippen LogP contribution in [-0.4, -0.2) is 64.9 Å². The van der Waals surface area contributed by atoms with Crippen LogP contribution in [0.3, 0.4) is 0 Å². The molecule has 1 aromatic heterocycles. The maximum absolute atomic E-state index is 13.5. The number of piperazine rings is 1. The van der Waals surface area contributed by atoms with Crippen molar-refractivity contribution >= 4 is 5.91 Å². The predicted octanol–water partition coefficient (Wildman–Crippen LogP) is 2.78. The quantitative estimate of drug-likeness (QED) is 0.779. The van der Waals surface area contributed by atoms with Crippen LogP contribution in [0.5, 0.6) is 0 Å². The van der Waals surface area contributed by atoms with E-state index in [0.717, 1.165) is 64.2 Å². The SMILES string of the molecule is O=C(C1CCCN(Cc2cccc(F)c2)C1)N1CCN(Cc2ccncc2)CC1. The smallest absolute Gasteiger partial charge is 0.227 e. The van der Waals surface area contributed by atoms with E-state index in [1.165, 1.54) is 11.6 Å². The number of hydrogen-bond donors (Lipinski definition) is 0. The molecule has 2 saturated heterocycles. The van der Waals surface area contributed by atoms with Gasteiger partial charge in [0.05, 0.1) is 5.92 Å². The number of nitrogens with zero attached hydrogens (tertiary/aromatic N) is 4. The Balaban J connectivity index is 1.27. The van der Waals surface area contributed by atoms with Gasteiger partial charge in [-0.05, 0) is 54.8 Å². The highest BCUT2D eigenvalue weighted by atomic mass is 19.1. The lowest BCUT2D eigenvalue weighted by Crippen LogP contribution is -2.52. The van der Waals surface area contributed by atoms with Crippen molar-refractivity contribution in [3.63, 3.8) is 0 Å². The molecule has 1 unspecified atom stereocenters. The summed E-state index contributed by atoms with van der Waals surface area (Å²) in [7, 11) is 0. The molecule has 2 aliphatic rings. The van der Waals surface area contributed by atoms with Crippen LogP contribution in [0.1, 0.15) is 24.0 Å². The summed E-state index contributed by atoms with van der Waals surface area (Å²) in [5.41, 5.74) is 2.24. The Labute approximate surface area is 172 Å². The molecule has 6 heteroatoms. The first kappa shape index (κ1) is 20.0. The third-order valence-electron chi connectivity index (χ3n) is 5.99. The number of halogens is 1. The van der Waals surface area contributed by atoms with E-state index >= 15 is 0 Å². The van der Waals surface area contributed by atoms with Gasteiger partial charge in [0.1, 0.15) is 5.82 Å². The van der Waals surface area contributed by atoms with Gasteiger partial charge in [-0.25, -0.2) is 4.39 Å². The number of piperidine rings is 1. The number of carbonyl (C=O) groups excluding carboxylic acids is 1.